The monoisotopic (exact) mass is 155 g/mol. The second-order valence-corrected chi connectivity index (χ2v) is 3.27. The molecule has 0 atom stereocenters. The summed E-state index contributed by atoms with van der Waals surface area (Å²) >= 11 is 0. The molecule has 0 unspecified atom stereocenters. The first kappa shape index (κ1) is 8.60. The molecule has 1 aliphatic rings. The van der Waals surface area contributed by atoms with E-state index in [0.717, 1.165) is 13.2 Å². The molecule has 0 aromatic carbocycles. The Hall–Kier alpha value is -0.500. The highest BCUT2D eigenvalue weighted by molar-refractivity contribution is 5.06. The minimum absolute atomic E-state index is 0.338. The van der Waals surface area contributed by atoms with Crippen LogP contribution in [0.2, 0.25) is 0 Å². The van der Waals surface area contributed by atoms with Gasteiger partial charge in [-0.3, -0.25) is 0 Å². The summed E-state index contributed by atoms with van der Waals surface area (Å²) in [4.78, 5) is 2.25. The summed E-state index contributed by atoms with van der Waals surface area (Å²) in [6.45, 7) is 6.05. The minimum Gasteiger partial charge on any atom is -0.376 e. The molecule has 0 fully saturated rings. The maximum Gasteiger partial charge on any atom is 0.0864 e. The molecule has 0 N–H and O–H groups in total. The van der Waals surface area contributed by atoms with Gasteiger partial charge in [-0.15, -0.1) is 0 Å². The zero-order chi connectivity index (χ0) is 8.27. The van der Waals surface area contributed by atoms with Gasteiger partial charge in [-0.05, 0) is 20.3 Å². The van der Waals surface area contributed by atoms with Gasteiger partial charge in [0.25, 0.3) is 0 Å². The molecule has 2 heteroatoms. The van der Waals surface area contributed by atoms with Crippen molar-refractivity contribution in [2.45, 2.75) is 26.4 Å². The maximum atomic E-state index is 5.49. The molecule has 1 heterocycles. The summed E-state index contributed by atoms with van der Waals surface area (Å²) in [7, 11) is 2.11. The van der Waals surface area contributed by atoms with Gasteiger partial charge in [0.15, 0.2) is 0 Å². The average Bonchev–Trinajstić information content (AvgIpc) is 2.31. The van der Waals surface area contributed by atoms with Crippen LogP contribution in [0, 0.1) is 0 Å². The Morgan fingerprint density at radius 2 is 2.36 bits per heavy atom. The molecule has 0 aromatic heterocycles. The SMILES string of the molecule is CC(C)OCC1=CCCN1C. The van der Waals surface area contributed by atoms with Crippen molar-refractivity contribution < 1.29 is 4.74 Å². The van der Waals surface area contributed by atoms with Gasteiger partial charge in [-0.25, -0.2) is 0 Å². The number of rotatable bonds is 3. The molecule has 0 spiro atoms. The maximum absolute atomic E-state index is 5.49. The fourth-order valence-electron chi connectivity index (χ4n) is 1.15. The Morgan fingerprint density at radius 1 is 1.64 bits per heavy atom. The molecule has 1 aliphatic heterocycles. The number of ether oxygens (including phenoxy) is 1. The third-order valence-electron chi connectivity index (χ3n) is 1.90. The lowest BCUT2D eigenvalue weighted by atomic mass is 10.4. The van der Waals surface area contributed by atoms with Crippen LogP contribution in [0.5, 0.6) is 0 Å². The van der Waals surface area contributed by atoms with Crippen LogP contribution in [-0.4, -0.2) is 31.2 Å². The van der Waals surface area contributed by atoms with Gasteiger partial charge in [0.05, 0.1) is 12.7 Å². The van der Waals surface area contributed by atoms with Crippen LogP contribution in [0.1, 0.15) is 20.3 Å². The van der Waals surface area contributed by atoms with Gasteiger partial charge in [0.1, 0.15) is 0 Å². The fourth-order valence-corrected chi connectivity index (χ4v) is 1.15. The molecule has 1 rings (SSSR count). The van der Waals surface area contributed by atoms with E-state index in [0.29, 0.717) is 6.10 Å². The first-order valence-electron chi connectivity index (χ1n) is 4.22. The van der Waals surface area contributed by atoms with E-state index in [2.05, 4.69) is 31.9 Å². The van der Waals surface area contributed by atoms with E-state index in [9.17, 15) is 0 Å². The lowest BCUT2D eigenvalue weighted by Crippen LogP contribution is -2.18. The Morgan fingerprint density at radius 3 is 2.82 bits per heavy atom. The Balaban J connectivity index is 2.26. The van der Waals surface area contributed by atoms with E-state index in [1.165, 1.54) is 12.1 Å². The van der Waals surface area contributed by atoms with Crippen molar-refractivity contribution in [1.82, 2.24) is 4.90 Å². The number of hydrogen-bond acceptors (Lipinski definition) is 2. The molecule has 64 valence electrons. The normalized spacial score (nSPS) is 17.8. The summed E-state index contributed by atoms with van der Waals surface area (Å²) in [5.74, 6) is 0. The molecule has 0 bridgehead atoms. The Kier molecular flexibility index (Phi) is 2.94. The molecule has 0 amide bonds. The summed E-state index contributed by atoms with van der Waals surface area (Å²) in [5.41, 5.74) is 1.33. The van der Waals surface area contributed by atoms with E-state index in [4.69, 9.17) is 4.74 Å². The van der Waals surface area contributed by atoms with Crippen molar-refractivity contribution in [3.63, 3.8) is 0 Å². The van der Waals surface area contributed by atoms with Crippen molar-refractivity contribution in [2.24, 2.45) is 0 Å². The smallest absolute Gasteiger partial charge is 0.0864 e. The molecule has 0 saturated carbocycles. The quantitative estimate of drug-likeness (QED) is 0.614. The minimum atomic E-state index is 0.338. The highest BCUT2D eigenvalue weighted by Gasteiger charge is 2.10. The van der Waals surface area contributed by atoms with Gasteiger partial charge in [0, 0.05) is 19.3 Å². The lowest BCUT2D eigenvalue weighted by molar-refractivity contribution is 0.0866. The van der Waals surface area contributed by atoms with Crippen molar-refractivity contribution in [3.8, 4) is 0 Å². The molecule has 0 saturated heterocycles. The van der Waals surface area contributed by atoms with Crippen molar-refractivity contribution in [1.29, 1.82) is 0 Å². The fraction of sp³-hybridized carbons (Fsp3) is 0.778. The summed E-state index contributed by atoms with van der Waals surface area (Å²) in [6.07, 6.45) is 3.76. The Bertz CT molecular complexity index is 152. The molecule has 0 aliphatic carbocycles. The first-order chi connectivity index (χ1) is 5.20. The number of likely N-dealkylation sites (N-methyl/N-ethyl adjacent to an activating group) is 1. The van der Waals surface area contributed by atoms with Gasteiger partial charge in [0.2, 0.25) is 0 Å². The van der Waals surface area contributed by atoms with E-state index in [1.807, 2.05) is 0 Å². The van der Waals surface area contributed by atoms with Crippen LogP contribution in [0.3, 0.4) is 0 Å². The van der Waals surface area contributed by atoms with Gasteiger partial charge in [-0.1, -0.05) is 6.08 Å². The predicted octanol–water partition coefficient (Wildman–Crippen LogP) is 1.63. The van der Waals surface area contributed by atoms with Crippen molar-refractivity contribution >= 4 is 0 Å². The van der Waals surface area contributed by atoms with E-state index in [1.54, 1.807) is 0 Å². The molecular formula is C9H17NO. The largest absolute Gasteiger partial charge is 0.376 e. The standard InChI is InChI=1S/C9H17NO/c1-8(2)11-7-9-5-4-6-10(9)3/h5,8H,4,6-7H2,1-3H3. The van der Waals surface area contributed by atoms with Gasteiger partial charge >= 0.3 is 0 Å². The average molecular weight is 155 g/mol. The third-order valence-corrected chi connectivity index (χ3v) is 1.90. The number of hydrogen-bond donors (Lipinski definition) is 0. The zero-order valence-corrected chi connectivity index (χ0v) is 7.63. The number of nitrogens with zero attached hydrogens (tertiary/aromatic N) is 1. The first-order valence-corrected chi connectivity index (χ1v) is 4.22. The van der Waals surface area contributed by atoms with Crippen LogP contribution in [0.15, 0.2) is 11.8 Å². The molecule has 2 nitrogen and oxygen atoms in total. The lowest BCUT2D eigenvalue weighted by Gasteiger charge is -2.17. The van der Waals surface area contributed by atoms with Gasteiger partial charge < -0.3 is 9.64 Å². The second-order valence-electron chi connectivity index (χ2n) is 3.27. The van der Waals surface area contributed by atoms with E-state index in [-0.39, 0.29) is 0 Å². The van der Waals surface area contributed by atoms with Crippen molar-refractivity contribution in [3.05, 3.63) is 11.8 Å². The van der Waals surface area contributed by atoms with Crippen LogP contribution < -0.4 is 0 Å². The van der Waals surface area contributed by atoms with Crippen molar-refractivity contribution in [2.75, 3.05) is 20.2 Å². The molecular weight excluding hydrogens is 138 g/mol. The van der Waals surface area contributed by atoms with Crippen LogP contribution in [0.25, 0.3) is 0 Å². The zero-order valence-electron chi connectivity index (χ0n) is 7.63. The Labute approximate surface area is 68.8 Å². The summed E-state index contributed by atoms with van der Waals surface area (Å²) in [5, 5.41) is 0. The van der Waals surface area contributed by atoms with Crippen LogP contribution in [0.4, 0.5) is 0 Å². The molecule has 11 heavy (non-hydrogen) atoms. The topological polar surface area (TPSA) is 12.5 Å². The molecule has 0 radical (unpaired) electrons. The predicted molar refractivity (Wildman–Crippen MR) is 46.4 cm³/mol. The summed E-state index contributed by atoms with van der Waals surface area (Å²) < 4.78 is 5.49. The highest BCUT2D eigenvalue weighted by Crippen LogP contribution is 2.12. The van der Waals surface area contributed by atoms with Crippen LogP contribution in [-0.2, 0) is 4.74 Å². The van der Waals surface area contributed by atoms with Gasteiger partial charge in [-0.2, -0.15) is 0 Å². The third kappa shape index (κ3) is 2.54. The van der Waals surface area contributed by atoms with Crippen LogP contribution >= 0.6 is 0 Å². The summed E-state index contributed by atoms with van der Waals surface area (Å²) in [6, 6.07) is 0. The molecule has 0 aromatic rings. The van der Waals surface area contributed by atoms with E-state index >= 15 is 0 Å². The highest BCUT2D eigenvalue weighted by atomic mass is 16.5. The van der Waals surface area contributed by atoms with E-state index < -0.39 is 0 Å². The second kappa shape index (κ2) is 3.77.